The first-order chi connectivity index (χ1) is 9.93. The number of hydrogen-bond donors (Lipinski definition) is 3. The van der Waals surface area contributed by atoms with Gasteiger partial charge in [-0.15, -0.1) is 0 Å². The fourth-order valence-corrected chi connectivity index (χ4v) is 2.22. The number of nitrogens with one attached hydrogen (secondary N) is 1. The molecule has 5 nitrogen and oxygen atoms in total. The molecule has 21 heavy (non-hydrogen) atoms. The van der Waals surface area contributed by atoms with Crippen LogP contribution in [-0.2, 0) is 6.54 Å². The van der Waals surface area contributed by atoms with Gasteiger partial charge in [-0.3, -0.25) is 0 Å². The highest BCUT2D eigenvalue weighted by Crippen LogP contribution is 2.40. The van der Waals surface area contributed by atoms with Crippen molar-refractivity contribution in [2.75, 3.05) is 5.32 Å². The second-order valence-corrected chi connectivity index (χ2v) is 5.44. The molecule has 1 aliphatic heterocycles. The zero-order valence-electron chi connectivity index (χ0n) is 11.9. The van der Waals surface area contributed by atoms with Gasteiger partial charge in [-0.25, -0.2) is 0 Å². The smallest absolute Gasteiger partial charge is 0.246 e. The van der Waals surface area contributed by atoms with E-state index in [0.717, 1.165) is 17.0 Å². The topological polar surface area (TPSA) is 71.0 Å². The molecule has 0 aromatic heterocycles. The van der Waals surface area contributed by atoms with Crippen LogP contribution >= 0.6 is 0 Å². The lowest BCUT2D eigenvalue weighted by Gasteiger charge is -2.16. The van der Waals surface area contributed by atoms with E-state index in [4.69, 9.17) is 9.47 Å². The van der Waals surface area contributed by atoms with Gasteiger partial charge in [0.15, 0.2) is 23.0 Å². The minimum absolute atomic E-state index is 0.121. The predicted octanol–water partition coefficient (Wildman–Crippen LogP) is 3.22. The summed E-state index contributed by atoms with van der Waals surface area (Å²) in [6.07, 6.45) is 0. The van der Waals surface area contributed by atoms with Crippen LogP contribution in [0.3, 0.4) is 0 Å². The summed E-state index contributed by atoms with van der Waals surface area (Å²) in [5.41, 5.74) is 1.76. The molecule has 0 saturated carbocycles. The Bertz CT molecular complexity index is 682. The van der Waals surface area contributed by atoms with Crippen LogP contribution in [0.25, 0.3) is 0 Å². The van der Waals surface area contributed by atoms with E-state index in [0.29, 0.717) is 12.3 Å². The van der Waals surface area contributed by atoms with E-state index in [2.05, 4.69) is 5.32 Å². The van der Waals surface area contributed by atoms with Gasteiger partial charge in [0.05, 0.1) is 0 Å². The summed E-state index contributed by atoms with van der Waals surface area (Å²) in [5.74, 6) is 0.557. The Balaban J connectivity index is 1.71. The van der Waals surface area contributed by atoms with E-state index in [-0.39, 0.29) is 11.5 Å². The Morgan fingerprint density at radius 1 is 0.952 bits per heavy atom. The maximum absolute atomic E-state index is 9.47. The number of rotatable bonds is 3. The maximum atomic E-state index is 9.47. The lowest BCUT2D eigenvalue weighted by molar-refractivity contribution is -0.0431. The maximum Gasteiger partial charge on any atom is 0.246 e. The zero-order chi connectivity index (χ0) is 15.0. The van der Waals surface area contributed by atoms with Gasteiger partial charge < -0.3 is 25.0 Å². The van der Waals surface area contributed by atoms with Crippen molar-refractivity contribution in [1.29, 1.82) is 0 Å². The molecule has 0 saturated heterocycles. The second-order valence-electron chi connectivity index (χ2n) is 5.44. The number of hydrogen-bond acceptors (Lipinski definition) is 5. The second kappa shape index (κ2) is 4.77. The summed E-state index contributed by atoms with van der Waals surface area (Å²) in [6.45, 7) is 4.25. The van der Waals surface area contributed by atoms with Crippen LogP contribution < -0.4 is 14.8 Å². The molecule has 5 heteroatoms. The zero-order valence-corrected chi connectivity index (χ0v) is 11.9. The lowest BCUT2D eigenvalue weighted by atomic mass is 10.2. The third-order valence-corrected chi connectivity index (χ3v) is 3.19. The molecule has 2 aromatic carbocycles. The van der Waals surface area contributed by atoms with E-state index < -0.39 is 5.79 Å². The fourth-order valence-electron chi connectivity index (χ4n) is 2.22. The van der Waals surface area contributed by atoms with E-state index in [1.54, 1.807) is 6.07 Å². The minimum atomic E-state index is -0.635. The third-order valence-electron chi connectivity index (χ3n) is 3.19. The van der Waals surface area contributed by atoms with E-state index in [1.807, 2.05) is 32.0 Å². The average molecular weight is 287 g/mol. The average Bonchev–Trinajstić information content (AvgIpc) is 2.73. The van der Waals surface area contributed by atoms with Gasteiger partial charge >= 0.3 is 0 Å². The van der Waals surface area contributed by atoms with Gasteiger partial charge in [-0.2, -0.15) is 0 Å². The molecule has 0 atom stereocenters. The molecule has 0 fully saturated rings. The Morgan fingerprint density at radius 3 is 2.48 bits per heavy atom. The van der Waals surface area contributed by atoms with E-state index >= 15 is 0 Å². The molecule has 2 aromatic rings. The first-order valence-corrected chi connectivity index (χ1v) is 6.70. The van der Waals surface area contributed by atoms with Crippen molar-refractivity contribution in [2.24, 2.45) is 0 Å². The van der Waals surface area contributed by atoms with Gasteiger partial charge in [-0.05, 0) is 29.8 Å². The van der Waals surface area contributed by atoms with Crippen molar-refractivity contribution in [2.45, 2.75) is 26.2 Å². The van der Waals surface area contributed by atoms with Gasteiger partial charge in [-0.1, -0.05) is 6.07 Å². The SMILES string of the molecule is CC1(C)Oc2ccc(NCc3ccc(O)c(O)c3)cc2O1. The summed E-state index contributed by atoms with van der Waals surface area (Å²) in [4.78, 5) is 0. The quantitative estimate of drug-likeness (QED) is 0.756. The molecule has 1 aliphatic rings. The molecule has 0 aliphatic carbocycles. The predicted molar refractivity (Wildman–Crippen MR) is 78.9 cm³/mol. The molecule has 1 heterocycles. The van der Waals surface area contributed by atoms with Crippen LogP contribution in [-0.4, -0.2) is 16.0 Å². The van der Waals surface area contributed by atoms with Crippen molar-refractivity contribution in [1.82, 2.24) is 0 Å². The third kappa shape index (κ3) is 2.81. The molecule has 3 rings (SSSR count). The van der Waals surface area contributed by atoms with Crippen molar-refractivity contribution < 1.29 is 19.7 Å². The summed E-state index contributed by atoms with van der Waals surface area (Å²) in [5, 5.41) is 22.0. The number of fused-ring (bicyclic) bond motifs is 1. The van der Waals surface area contributed by atoms with Crippen LogP contribution in [0.4, 0.5) is 5.69 Å². The number of aromatic hydroxyl groups is 2. The first-order valence-electron chi connectivity index (χ1n) is 6.70. The van der Waals surface area contributed by atoms with Crippen molar-refractivity contribution in [3.05, 3.63) is 42.0 Å². The van der Waals surface area contributed by atoms with Crippen molar-refractivity contribution >= 4 is 5.69 Å². The van der Waals surface area contributed by atoms with Crippen molar-refractivity contribution in [3.63, 3.8) is 0 Å². The van der Waals surface area contributed by atoms with Gasteiger partial charge in [0, 0.05) is 32.1 Å². The molecule has 3 N–H and O–H groups in total. The molecular formula is C16H17NO4. The largest absolute Gasteiger partial charge is 0.504 e. The Labute approximate surface area is 122 Å². The van der Waals surface area contributed by atoms with Crippen LogP contribution in [0.2, 0.25) is 0 Å². The highest BCUT2D eigenvalue weighted by Gasteiger charge is 2.31. The summed E-state index contributed by atoms with van der Waals surface area (Å²) >= 11 is 0. The lowest BCUT2D eigenvalue weighted by Crippen LogP contribution is -2.29. The van der Waals surface area contributed by atoms with Crippen LogP contribution in [0.15, 0.2) is 36.4 Å². The molecular weight excluding hydrogens is 270 g/mol. The van der Waals surface area contributed by atoms with E-state index in [9.17, 15) is 10.2 Å². The standard InChI is InChI=1S/C16H17NO4/c1-16(2)20-14-6-4-11(8-15(14)21-16)17-9-10-3-5-12(18)13(19)7-10/h3-8,17-19H,9H2,1-2H3. The summed E-state index contributed by atoms with van der Waals surface area (Å²) in [6, 6.07) is 10.4. The van der Waals surface area contributed by atoms with Gasteiger partial charge in [0.1, 0.15) is 0 Å². The highest BCUT2D eigenvalue weighted by atomic mass is 16.7. The number of ether oxygens (including phenoxy) is 2. The summed E-state index contributed by atoms with van der Waals surface area (Å²) < 4.78 is 11.3. The molecule has 0 spiro atoms. The van der Waals surface area contributed by atoms with Gasteiger partial charge in [0.2, 0.25) is 5.79 Å². The Kier molecular flexibility index (Phi) is 3.05. The number of phenolic OH excluding ortho intramolecular Hbond substituents is 2. The number of phenols is 2. The fraction of sp³-hybridized carbons (Fsp3) is 0.250. The van der Waals surface area contributed by atoms with Gasteiger partial charge in [0.25, 0.3) is 0 Å². The normalized spacial score (nSPS) is 15.0. The number of anilines is 1. The van der Waals surface area contributed by atoms with Crippen LogP contribution in [0, 0.1) is 0 Å². The monoisotopic (exact) mass is 287 g/mol. The molecule has 0 radical (unpaired) electrons. The number of benzene rings is 2. The molecule has 0 amide bonds. The first kappa shape index (κ1) is 13.4. The highest BCUT2D eigenvalue weighted by molar-refractivity contribution is 5.56. The summed E-state index contributed by atoms with van der Waals surface area (Å²) in [7, 11) is 0. The molecule has 0 bridgehead atoms. The van der Waals surface area contributed by atoms with Crippen LogP contribution in [0.5, 0.6) is 23.0 Å². The Hall–Kier alpha value is -2.56. The van der Waals surface area contributed by atoms with Crippen molar-refractivity contribution in [3.8, 4) is 23.0 Å². The van der Waals surface area contributed by atoms with Crippen LogP contribution in [0.1, 0.15) is 19.4 Å². The molecule has 110 valence electrons. The van der Waals surface area contributed by atoms with E-state index in [1.165, 1.54) is 12.1 Å². The molecule has 0 unspecified atom stereocenters. The Morgan fingerprint density at radius 2 is 1.71 bits per heavy atom. The minimum Gasteiger partial charge on any atom is -0.504 e.